The number of esters is 3. The largest absolute Gasteiger partial charge is 0.469 e. The SMILES string of the molecule is COC(=O)[C@H]1OC(O[C@H]2CC[C@@]3(C)[C@@H](CC[C@]4(C)[C@@H]3C(=O)C=C3[C@H]5C[C@](C)(C(=O)OC)CC[C@]5(C)CC[C@]34C)[C@@]2(C)CO)C(OC2O[C@H](C(=O)OC)[C@@H](O)[C@H](O)[C@H]2O)[C@@H](O)[C@@H]1O. The van der Waals surface area contributed by atoms with Crippen molar-refractivity contribution >= 4 is 23.7 Å². The van der Waals surface area contributed by atoms with Crippen LogP contribution in [0.2, 0.25) is 0 Å². The summed E-state index contributed by atoms with van der Waals surface area (Å²) in [4.78, 5) is 53.4. The Morgan fingerprint density at radius 3 is 1.90 bits per heavy atom. The summed E-state index contributed by atoms with van der Waals surface area (Å²) >= 11 is 0. The third-order valence-electron chi connectivity index (χ3n) is 17.9. The van der Waals surface area contributed by atoms with Crippen LogP contribution in [-0.2, 0) is 52.3 Å². The van der Waals surface area contributed by atoms with Crippen LogP contribution >= 0.6 is 0 Å². The fraction of sp³-hybridized carbons (Fsp3) is 0.867. The van der Waals surface area contributed by atoms with Gasteiger partial charge >= 0.3 is 17.9 Å². The van der Waals surface area contributed by atoms with Crippen LogP contribution in [0.25, 0.3) is 0 Å². The predicted octanol–water partition coefficient (Wildman–Crippen LogP) is 1.48. The molecule has 0 aromatic rings. The Kier molecular flexibility index (Phi) is 12.5. The zero-order valence-electron chi connectivity index (χ0n) is 37.4. The number of rotatable bonds is 8. The molecule has 0 spiro atoms. The molecule has 17 nitrogen and oxygen atoms in total. The maximum Gasteiger partial charge on any atom is 0.337 e. The van der Waals surface area contributed by atoms with Crippen molar-refractivity contribution in [1.29, 1.82) is 0 Å². The molecule has 4 saturated carbocycles. The maximum absolute atomic E-state index is 15.0. The smallest absolute Gasteiger partial charge is 0.337 e. The Balaban J connectivity index is 1.20. The molecule has 6 N–H and O–H groups in total. The summed E-state index contributed by atoms with van der Waals surface area (Å²) in [6, 6.07) is 0. The monoisotopic (exact) mass is 880 g/mol. The van der Waals surface area contributed by atoms with Crippen LogP contribution in [0.5, 0.6) is 0 Å². The molecule has 0 aromatic heterocycles. The van der Waals surface area contributed by atoms with Crippen LogP contribution in [0, 0.1) is 50.2 Å². The summed E-state index contributed by atoms with van der Waals surface area (Å²) in [6.45, 7) is 12.5. The number of hydrogen-bond donors (Lipinski definition) is 6. The van der Waals surface area contributed by atoms with Gasteiger partial charge in [-0.05, 0) is 104 Å². The molecule has 0 bridgehead atoms. The number of ketones is 1. The van der Waals surface area contributed by atoms with E-state index < -0.39 is 107 Å². The van der Waals surface area contributed by atoms with Gasteiger partial charge in [0.05, 0.1) is 39.5 Å². The third-order valence-corrected chi connectivity index (χ3v) is 17.9. The van der Waals surface area contributed by atoms with Gasteiger partial charge < -0.3 is 63.8 Å². The molecule has 2 heterocycles. The lowest BCUT2D eigenvalue weighted by molar-refractivity contribution is -0.372. The second-order valence-electron chi connectivity index (χ2n) is 21.0. The quantitative estimate of drug-likeness (QED) is 0.115. The van der Waals surface area contributed by atoms with E-state index in [9.17, 15) is 45.0 Å². The van der Waals surface area contributed by atoms with Crippen LogP contribution < -0.4 is 0 Å². The van der Waals surface area contributed by atoms with Gasteiger partial charge in [-0.25, -0.2) is 9.59 Å². The molecule has 17 heteroatoms. The number of allylic oxidation sites excluding steroid dienone is 2. The van der Waals surface area contributed by atoms with E-state index in [1.165, 1.54) is 7.11 Å². The minimum absolute atomic E-state index is 0.0337. The number of aliphatic hydroxyl groups excluding tert-OH is 6. The third kappa shape index (κ3) is 6.93. The lowest BCUT2D eigenvalue weighted by Gasteiger charge is -2.70. The van der Waals surface area contributed by atoms with E-state index in [0.717, 1.165) is 45.5 Å². The normalized spacial score (nSPS) is 51.3. The van der Waals surface area contributed by atoms with Gasteiger partial charge in [-0.3, -0.25) is 9.59 Å². The van der Waals surface area contributed by atoms with E-state index in [4.69, 9.17) is 28.4 Å². The van der Waals surface area contributed by atoms with Crippen LogP contribution in [0.3, 0.4) is 0 Å². The first-order chi connectivity index (χ1) is 28.9. The molecule has 7 rings (SSSR count). The number of carbonyl (C=O) groups is 4. The molecule has 350 valence electrons. The second kappa shape index (κ2) is 16.4. The molecule has 7 aliphatic rings. The minimum Gasteiger partial charge on any atom is -0.469 e. The molecular weight excluding hydrogens is 812 g/mol. The average Bonchev–Trinajstić information content (AvgIpc) is 3.24. The van der Waals surface area contributed by atoms with Crippen molar-refractivity contribution in [2.45, 2.75) is 167 Å². The van der Waals surface area contributed by atoms with Crippen molar-refractivity contribution in [3.05, 3.63) is 11.6 Å². The average molecular weight is 881 g/mol. The fourth-order valence-corrected chi connectivity index (χ4v) is 13.8. The fourth-order valence-electron chi connectivity index (χ4n) is 13.8. The topological polar surface area (TPSA) is 254 Å². The Bertz CT molecular complexity index is 1810. The predicted molar refractivity (Wildman–Crippen MR) is 214 cm³/mol. The van der Waals surface area contributed by atoms with Crippen molar-refractivity contribution < 1.29 is 83.0 Å². The van der Waals surface area contributed by atoms with Crippen molar-refractivity contribution in [1.82, 2.24) is 0 Å². The Hall–Kier alpha value is -2.58. The first-order valence-corrected chi connectivity index (χ1v) is 22.1. The molecule has 5 aliphatic carbocycles. The van der Waals surface area contributed by atoms with Crippen molar-refractivity contribution in [3.8, 4) is 0 Å². The summed E-state index contributed by atoms with van der Waals surface area (Å²) in [5.41, 5.74) is -2.02. The van der Waals surface area contributed by atoms with Gasteiger partial charge in [0.1, 0.15) is 36.6 Å². The first kappa shape index (κ1) is 47.4. The summed E-state index contributed by atoms with van der Waals surface area (Å²) in [7, 11) is 3.53. The first-order valence-electron chi connectivity index (χ1n) is 22.1. The van der Waals surface area contributed by atoms with Crippen molar-refractivity contribution in [2.75, 3.05) is 27.9 Å². The van der Waals surface area contributed by atoms with E-state index in [1.807, 2.05) is 19.9 Å². The highest BCUT2D eigenvalue weighted by Gasteiger charge is 2.71. The van der Waals surface area contributed by atoms with Gasteiger partial charge in [-0.15, -0.1) is 0 Å². The standard InChI is InChI=1S/C45H68O17/c1-40-14-15-41(2,39(55)58-9)19-22(40)21-18-23(47)34-42(3)12-11-25(43(4,20-46)24(42)10-13-45(34,6)44(21,5)17-16-40)59-38-33(29(51)28(50)32(61-38)36(54)57-8)62-37-30(52)26(48)27(49)31(60-37)35(53)56-7/h18,22,24-34,37-38,46,48-52H,10-17,19-20H2,1-9H3/t22-,24-,25+,26+,27+,28+,29+,30-,31+,32+,33?,34-,37?,38?,40-,41-,42+,43-,44-,45-/m1/s1. The number of ether oxygens (including phenoxy) is 7. The lowest BCUT2D eigenvalue weighted by Crippen LogP contribution is -2.69. The van der Waals surface area contributed by atoms with E-state index in [1.54, 1.807) is 0 Å². The van der Waals surface area contributed by atoms with Crippen molar-refractivity contribution in [2.24, 2.45) is 50.2 Å². The number of carbonyl (C=O) groups excluding carboxylic acids is 4. The molecular formula is C45H68O17. The minimum atomic E-state index is -1.97. The molecule has 6 fully saturated rings. The van der Waals surface area contributed by atoms with E-state index in [0.29, 0.717) is 32.1 Å². The molecule has 0 amide bonds. The van der Waals surface area contributed by atoms with Crippen molar-refractivity contribution in [3.63, 3.8) is 0 Å². The van der Waals surface area contributed by atoms with E-state index in [2.05, 4.69) is 32.4 Å². The highest BCUT2D eigenvalue weighted by atomic mass is 16.8. The summed E-state index contributed by atoms with van der Waals surface area (Å²) in [6.07, 6.45) is -11.4. The van der Waals surface area contributed by atoms with E-state index in [-0.39, 0.29) is 41.0 Å². The van der Waals surface area contributed by atoms with Crippen LogP contribution in [0.1, 0.15) is 99.3 Å². The van der Waals surface area contributed by atoms with Gasteiger partial charge in [-0.2, -0.15) is 0 Å². The Morgan fingerprint density at radius 2 is 1.31 bits per heavy atom. The highest BCUT2D eigenvalue weighted by Crippen LogP contribution is 2.75. The molecule has 3 unspecified atom stereocenters. The highest BCUT2D eigenvalue weighted by molar-refractivity contribution is 5.95. The molecule has 2 aliphatic heterocycles. The van der Waals surface area contributed by atoms with E-state index >= 15 is 4.79 Å². The number of hydrogen-bond acceptors (Lipinski definition) is 17. The molecule has 0 aromatic carbocycles. The second-order valence-corrected chi connectivity index (χ2v) is 21.0. The van der Waals surface area contributed by atoms with Gasteiger partial charge in [0, 0.05) is 11.3 Å². The molecule has 62 heavy (non-hydrogen) atoms. The summed E-state index contributed by atoms with van der Waals surface area (Å²) < 4.78 is 38.9. The van der Waals surface area contributed by atoms with Crippen LogP contribution in [0.15, 0.2) is 11.6 Å². The van der Waals surface area contributed by atoms with Crippen LogP contribution in [0.4, 0.5) is 0 Å². The Labute approximate surface area is 362 Å². The maximum atomic E-state index is 15.0. The zero-order valence-corrected chi connectivity index (χ0v) is 37.4. The number of fused-ring (bicyclic) bond motifs is 7. The van der Waals surface area contributed by atoms with Crippen LogP contribution in [-0.4, -0.2) is 150 Å². The van der Waals surface area contributed by atoms with Gasteiger partial charge in [0.25, 0.3) is 0 Å². The summed E-state index contributed by atoms with van der Waals surface area (Å²) in [5.74, 6) is -2.94. The summed E-state index contributed by atoms with van der Waals surface area (Å²) in [5, 5.41) is 65.9. The molecule has 0 radical (unpaired) electrons. The lowest BCUT2D eigenvalue weighted by atomic mass is 9.33. The van der Waals surface area contributed by atoms with Gasteiger partial charge in [-0.1, -0.05) is 40.2 Å². The zero-order chi connectivity index (χ0) is 45.7. The molecule has 20 atom stereocenters. The number of aliphatic hydroxyl groups is 6. The van der Waals surface area contributed by atoms with Gasteiger partial charge in [0.2, 0.25) is 0 Å². The Morgan fingerprint density at radius 1 is 0.710 bits per heavy atom. The number of methoxy groups -OCH3 is 3. The molecule has 2 saturated heterocycles. The van der Waals surface area contributed by atoms with Gasteiger partial charge in [0.15, 0.2) is 30.6 Å².